The normalized spacial score (nSPS) is 13.2. The first-order chi connectivity index (χ1) is 14.8. The van der Waals surface area contributed by atoms with E-state index in [1.165, 1.54) is 31.4 Å². The molecule has 3 amide bonds. The van der Waals surface area contributed by atoms with Crippen LogP contribution in [-0.2, 0) is 23.9 Å². The average Bonchev–Trinajstić information content (AvgIpc) is 3.11. The highest BCUT2D eigenvalue weighted by Gasteiger charge is 2.30. The predicted molar refractivity (Wildman–Crippen MR) is 110 cm³/mol. The van der Waals surface area contributed by atoms with Crippen LogP contribution in [0.5, 0.6) is 0 Å². The number of carbonyl (C=O) groups excluding carboxylic acids is 5. The number of benzene rings is 2. The van der Waals surface area contributed by atoms with Gasteiger partial charge in [0.2, 0.25) is 11.8 Å². The van der Waals surface area contributed by atoms with Crippen molar-refractivity contribution in [3.8, 4) is 0 Å². The summed E-state index contributed by atoms with van der Waals surface area (Å²) < 4.78 is 9.70. The van der Waals surface area contributed by atoms with Crippen molar-refractivity contribution in [3.05, 3.63) is 59.2 Å². The Morgan fingerprint density at radius 2 is 1.65 bits per heavy atom. The minimum atomic E-state index is -0.781. The Hall–Kier alpha value is -4.01. The van der Waals surface area contributed by atoms with Gasteiger partial charge in [-0.15, -0.1) is 0 Å². The number of amides is 3. The summed E-state index contributed by atoms with van der Waals surface area (Å²) in [4.78, 5) is 61.0. The molecule has 1 N–H and O–H groups in total. The number of nitrogens with zero attached hydrogens (tertiary/aromatic N) is 1. The van der Waals surface area contributed by atoms with Crippen LogP contribution in [-0.4, -0.2) is 43.4 Å². The largest absolute Gasteiger partial charge is 0.465 e. The van der Waals surface area contributed by atoms with Crippen molar-refractivity contribution in [2.45, 2.75) is 19.8 Å². The Labute approximate surface area is 177 Å². The first-order valence-corrected chi connectivity index (χ1v) is 9.42. The molecular formula is C22H20N2O7. The number of anilines is 2. The maximum atomic E-state index is 12.3. The minimum absolute atomic E-state index is 0.0988. The summed E-state index contributed by atoms with van der Waals surface area (Å²) in [5, 5.41) is 2.58. The van der Waals surface area contributed by atoms with E-state index in [0.29, 0.717) is 11.3 Å². The van der Waals surface area contributed by atoms with E-state index < -0.39 is 24.5 Å². The summed E-state index contributed by atoms with van der Waals surface area (Å²) in [6.45, 7) is 1.18. The van der Waals surface area contributed by atoms with E-state index in [1.807, 2.05) is 0 Å². The van der Waals surface area contributed by atoms with Gasteiger partial charge in [0, 0.05) is 18.5 Å². The SMILES string of the molecule is COC(=O)c1ccc(C)c(NC(=O)COC(=O)c2cccc(N3C(=O)CCC3=O)c2)c1. The van der Waals surface area contributed by atoms with Gasteiger partial charge in [-0.3, -0.25) is 19.3 Å². The molecule has 0 saturated carbocycles. The molecule has 1 heterocycles. The number of imide groups is 1. The molecule has 1 fully saturated rings. The number of methoxy groups -OCH3 is 1. The van der Waals surface area contributed by atoms with Crippen molar-refractivity contribution in [1.82, 2.24) is 0 Å². The second-order valence-corrected chi connectivity index (χ2v) is 6.82. The van der Waals surface area contributed by atoms with Crippen molar-refractivity contribution in [2.24, 2.45) is 0 Å². The molecule has 1 aliphatic rings. The standard InChI is InChI=1S/C22H20N2O7/c1-13-6-7-15(21(28)30-2)11-17(13)23-18(25)12-31-22(29)14-4-3-5-16(10-14)24-19(26)8-9-20(24)27/h3-7,10-11H,8-9,12H2,1-2H3,(H,23,25). The molecule has 0 aliphatic carbocycles. The quantitative estimate of drug-likeness (QED) is 0.558. The Kier molecular flexibility index (Phi) is 6.44. The van der Waals surface area contributed by atoms with Crippen LogP contribution in [0.4, 0.5) is 11.4 Å². The lowest BCUT2D eigenvalue weighted by atomic mass is 10.1. The van der Waals surface area contributed by atoms with Crippen LogP contribution >= 0.6 is 0 Å². The van der Waals surface area contributed by atoms with Crippen molar-refractivity contribution in [3.63, 3.8) is 0 Å². The number of carbonyl (C=O) groups is 5. The fourth-order valence-corrected chi connectivity index (χ4v) is 3.04. The van der Waals surface area contributed by atoms with Crippen LogP contribution in [0.15, 0.2) is 42.5 Å². The number of esters is 2. The van der Waals surface area contributed by atoms with Crippen LogP contribution in [0.2, 0.25) is 0 Å². The summed E-state index contributed by atoms with van der Waals surface area (Å²) in [5.74, 6) is -2.59. The van der Waals surface area contributed by atoms with E-state index in [-0.39, 0.29) is 41.5 Å². The summed E-state index contributed by atoms with van der Waals surface area (Å²) >= 11 is 0. The number of aryl methyl sites for hydroxylation is 1. The van der Waals surface area contributed by atoms with Crippen molar-refractivity contribution in [2.75, 3.05) is 23.9 Å². The predicted octanol–water partition coefficient (Wildman–Crippen LogP) is 2.23. The fraction of sp³-hybridized carbons (Fsp3) is 0.227. The molecule has 2 aromatic carbocycles. The summed E-state index contributed by atoms with van der Waals surface area (Å²) in [7, 11) is 1.25. The first kappa shape index (κ1) is 21.7. The minimum Gasteiger partial charge on any atom is -0.465 e. The van der Waals surface area contributed by atoms with Crippen molar-refractivity contribution in [1.29, 1.82) is 0 Å². The number of rotatable bonds is 6. The topological polar surface area (TPSA) is 119 Å². The number of hydrogen-bond donors (Lipinski definition) is 1. The van der Waals surface area contributed by atoms with Crippen molar-refractivity contribution >= 4 is 41.0 Å². The third-order valence-electron chi connectivity index (χ3n) is 4.66. The zero-order valence-corrected chi connectivity index (χ0v) is 17.0. The van der Waals surface area contributed by atoms with E-state index in [2.05, 4.69) is 10.1 Å². The van der Waals surface area contributed by atoms with Crippen LogP contribution in [0.1, 0.15) is 39.1 Å². The van der Waals surface area contributed by atoms with E-state index in [9.17, 15) is 24.0 Å². The van der Waals surface area contributed by atoms with Gasteiger partial charge in [-0.05, 0) is 42.8 Å². The Morgan fingerprint density at radius 1 is 0.968 bits per heavy atom. The van der Waals surface area contributed by atoms with E-state index in [4.69, 9.17) is 4.74 Å². The lowest BCUT2D eigenvalue weighted by Gasteiger charge is -2.14. The second-order valence-electron chi connectivity index (χ2n) is 6.82. The second kappa shape index (κ2) is 9.21. The Morgan fingerprint density at radius 3 is 2.32 bits per heavy atom. The molecule has 1 saturated heterocycles. The molecule has 0 aromatic heterocycles. The van der Waals surface area contributed by atoms with Crippen LogP contribution in [0.25, 0.3) is 0 Å². The van der Waals surface area contributed by atoms with Crippen LogP contribution in [0.3, 0.4) is 0 Å². The van der Waals surface area contributed by atoms with Gasteiger partial charge in [-0.2, -0.15) is 0 Å². The van der Waals surface area contributed by atoms with Gasteiger partial charge in [0.1, 0.15) is 0 Å². The lowest BCUT2D eigenvalue weighted by molar-refractivity contribution is -0.121. The molecular weight excluding hydrogens is 404 g/mol. The molecule has 160 valence electrons. The maximum Gasteiger partial charge on any atom is 0.338 e. The third-order valence-corrected chi connectivity index (χ3v) is 4.66. The molecule has 0 radical (unpaired) electrons. The number of hydrogen-bond acceptors (Lipinski definition) is 7. The molecule has 0 spiro atoms. The molecule has 0 atom stereocenters. The van der Waals surface area contributed by atoms with Gasteiger partial charge in [0.05, 0.1) is 23.9 Å². The maximum absolute atomic E-state index is 12.3. The van der Waals surface area contributed by atoms with Gasteiger partial charge in [-0.25, -0.2) is 9.59 Å². The molecule has 0 unspecified atom stereocenters. The molecule has 1 aliphatic heterocycles. The van der Waals surface area contributed by atoms with Crippen LogP contribution in [0, 0.1) is 6.92 Å². The van der Waals surface area contributed by atoms with Crippen molar-refractivity contribution < 1.29 is 33.4 Å². The molecule has 2 aromatic rings. The molecule has 9 nitrogen and oxygen atoms in total. The third kappa shape index (κ3) is 4.95. The average molecular weight is 424 g/mol. The van der Waals surface area contributed by atoms with Gasteiger partial charge in [0.15, 0.2) is 6.61 Å². The monoisotopic (exact) mass is 424 g/mol. The van der Waals surface area contributed by atoms with Gasteiger partial charge >= 0.3 is 11.9 Å². The van der Waals surface area contributed by atoms with E-state index in [1.54, 1.807) is 25.1 Å². The molecule has 0 bridgehead atoms. The molecule has 9 heteroatoms. The number of nitrogens with one attached hydrogen (secondary N) is 1. The zero-order chi connectivity index (χ0) is 22.5. The van der Waals surface area contributed by atoms with Gasteiger partial charge in [-0.1, -0.05) is 12.1 Å². The number of ether oxygens (including phenoxy) is 2. The lowest BCUT2D eigenvalue weighted by Crippen LogP contribution is -2.28. The van der Waals surface area contributed by atoms with Gasteiger partial charge < -0.3 is 14.8 Å². The van der Waals surface area contributed by atoms with Crippen LogP contribution < -0.4 is 10.2 Å². The van der Waals surface area contributed by atoms with E-state index in [0.717, 1.165) is 4.90 Å². The highest BCUT2D eigenvalue weighted by atomic mass is 16.5. The Balaban J connectivity index is 1.63. The first-order valence-electron chi connectivity index (χ1n) is 9.42. The summed E-state index contributed by atoms with van der Waals surface area (Å²) in [6.07, 6.45) is 0.258. The summed E-state index contributed by atoms with van der Waals surface area (Å²) in [5.41, 5.74) is 1.74. The Bertz CT molecular complexity index is 1060. The molecule has 3 rings (SSSR count). The van der Waals surface area contributed by atoms with Gasteiger partial charge in [0.25, 0.3) is 5.91 Å². The van der Waals surface area contributed by atoms with E-state index >= 15 is 0 Å². The highest BCUT2D eigenvalue weighted by Crippen LogP contribution is 2.23. The summed E-state index contributed by atoms with van der Waals surface area (Å²) in [6, 6.07) is 10.6. The highest BCUT2D eigenvalue weighted by molar-refractivity contribution is 6.20. The molecule has 31 heavy (non-hydrogen) atoms. The fourth-order valence-electron chi connectivity index (χ4n) is 3.04. The smallest absolute Gasteiger partial charge is 0.338 e. The zero-order valence-electron chi connectivity index (χ0n) is 17.0.